The average molecular weight is 794 g/mol. The highest BCUT2D eigenvalue weighted by Crippen LogP contribution is 2.35. The Morgan fingerprint density at radius 1 is 1.10 bits per heavy atom. The van der Waals surface area contributed by atoms with Crippen molar-refractivity contribution in [2.45, 2.75) is 19.2 Å². The lowest BCUT2D eigenvalue weighted by molar-refractivity contribution is -0.137. The molecular weight excluding hydrogens is 776 g/mol. The zero-order valence-electron chi connectivity index (χ0n) is 19.7. The standard InChI is InChI=1S/C26H18Br2F3IN4O2S/c27-21-8-16(9-22(28)24(21)38-13-15-4-6-18(32)7-5-15)12-33-36-23(37)11-20-14-39-25(35-20)34-19-3-1-2-17(10-19)26(29,30)31/h1-10,12,14H,11,13H2,(H,34,35)(H,36,37)/b33-12-. The fraction of sp³-hybridized carbons (Fsp3) is 0.115. The molecule has 1 aromatic heterocycles. The smallest absolute Gasteiger partial charge is 0.416 e. The van der Waals surface area contributed by atoms with Crippen LogP contribution in [0, 0.1) is 3.57 Å². The third-order valence-electron chi connectivity index (χ3n) is 5.05. The predicted molar refractivity (Wildman–Crippen MR) is 162 cm³/mol. The topological polar surface area (TPSA) is 75.6 Å². The summed E-state index contributed by atoms with van der Waals surface area (Å²) >= 11 is 10.5. The van der Waals surface area contributed by atoms with Crippen LogP contribution in [0.4, 0.5) is 24.0 Å². The Morgan fingerprint density at radius 2 is 1.82 bits per heavy atom. The number of nitrogens with zero attached hydrogens (tertiary/aromatic N) is 2. The highest BCUT2D eigenvalue weighted by molar-refractivity contribution is 14.1. The number of benzene rings is 3. The van der Waals surface area contributed by atoms with Crippen molar-refractivity contribution in [2.75, 3.05) is 5.32 Å². The van der Waals surface area contributed by atoms with E-state index < -0.39 is 17.6 Å². The number of halogens is 6. The van der Waals surface area contributed by atoms with E-state index in [1.54, 1.807) is 5.38 Å². The number of ether oxygens (including phenoxy) is 1. The van der Waals surface area contributed by atoms with E-state index in [0.717, 1.165) is 35.8 Å². The van der Waals surface area contributed by atoms with Crippen LogP contribution in [-0.4, -0.2) is 17.1 Å². The third kappa shape index (κ3) is 8.75. The number of hydrazone groups is 1. The van der Waals surface area contributed by atoms with Gasteiger partial charge in [-0.2, -0.15) is 18.3 Å². The first-order valence-corrected chi connectivity index (χ1v) is 14.7. The van der Waals surface area contributed by atoms with Gasteiger partial charge in [0.25, 0.3) is 0 Å². The number of nitrogens with one attached hydrogen (secondary N) is 2. The van der Waals surface area contributed by atoms with Crippen LogP contribution in [0.1, 0.15) is 22.4 Å². The summed E-state index contributed by atoms with van der Waals surface area (Å²) in [5.41, 5.74) is 4.17. The van der Waals surface area contributed by atoms with E-state index in [1.165, 1.54) is 29.7 Å². The molecule has 13 heteroatoms. The molecule has 1 amide bonds. The van der Waals surface area contributed by atoms with E-state index in [-0.39, 0.29) is 12.1 Å². The molecule has 0 aliphatic rings. The number of amides is 1. The van der Waals surface area contributed by atoms with Gasteiger partial charge < -0.3 is 10.1 Å². The summed E-state index contributed by atoms with van der Waals surface area (Å²) in [5.74, 6) is 0.255. The van der Waals surface area contributed by atoms with Crippen LogP contribution in [0.3, 0.4) is 0 Å². The van der Waals surface area contributed by atoms with Crippen LogP contribution >= 0.6 is 65.8 Å². The summed E-state index contributed by atoms with van der Waals surface area (Å²) in [5, 5.41) is 8.87. The van der Waals surface area contributed by atoms with Crippen molar-refractivity contribution in [1.29, 1.82) is 0 Å². The second-order valence-corrected chi connectivity index (χ2v) is 11.9. The van der Waals surface area contributed by atoms with Gasteiger partial charge in [0.15, 0.2) is 5.13 Å². The van der Waals surface area contributed by atoms with Gasteiger partial charge in [0.05, 0.1) is 32.8 Å². The molecule has 0 unspecified atom stereocenters. The Hall–Kier alpha value is -2.49. The molecule has 39 heavy (non-hydrogen) atoms. The van der Waals surface area contributed by atoms with Gasteiger partial charge in [0, 0.05) is 14.6 Å². The number of alkyl halides is 3. The van der Waals surface area contributed by atoms with Gasteiger partial charge >= 0.3 is 6.18 Å². The van der Waals surface area contributed by atoms with Gasteiger partial charge in [-0.3, -0.25) is 4.79 Å². The molecule has 2 N–H and O–H groups in total. The van der Waals surface area contributed by atoms with Crippen molar-refractivity contribution >= 4 is 88.7 Å². The second kappa shape index (κ2) is 13.2. The Bertz CT molecular complexity index is 1470. The number of rotatable bonds is 9. The zero-order chi connectivity index (χ0) is 28.0. The van der Waals surface area contributed by atoms with E-state index in [0.29, 0.717) is 23.2 Å². The minimum absolute atomic E-state index is 0.0448. The summed E-state index contributed by atoms with van der Waals surface area (Å²) in [6.45, 7) is 0.408. The number of anilines is 2. The molecule has 0 aliphatic carbocycles. The number of carbonyl (C=O) groups excluding carboxylic acids is 1. The van der Waals surface area contributed by atoms with Crippen molar-refractivity contribution in [3.8, 4) is 5.75 Å². The predicted octanol–water partition coefficient (Wildman–Crippen LogP) is 8.31. The highest BCUT2D eigenvalue weighted by atomic mass is 127. The fourth-order valence-corrected chi connectivity index (χ4v) is 5.79. The molecule has 6 nitrogen and oxygen atoms in total. The van der Waals surface area contributed by atoms with Crippen LogP contribution in [0.5, 0.6) is 5.75 Å². The quantitative estimate of drug-likeness (QED) is 0.102. The summed E-state index contributed by atoms with van der Waals surface area (Å²) in [6, 6.07) is 16.5. The molecular formula is C26H18Br2F3IN4O2S. The third-order valence-corrected chi connectivity index (χ3v) is 7.76. The first-order chi connectivity index (χ1) is 18.6. The first kappa shape index (κ1) is 29.5. The van der Waals surface area contributed by atoms with Gasteiger partial charge in [0.2, 0.25) is 5.91 Å². The van der Waals surface area contributed by atoms with E-state index in [1.807, 2.05) is 36.4 Å². The Morgan fingerprint density at radius 3 is 2.51 bits per heavy atom. The van der Waals surface area contributed by atoms with Crippen molar-refractivity contribution in [3.63, 3.8) is 0 Å². The summed E-state index contributed by atoms with van der Waals surface area (Å²) in [4.78, 5) is 16.6. The fourth-order valence-electron chi connectivity index (χ4n) is 3.25. The molecule has 0 fully saturated rings. The SMILES string of the molecule is O=C(Cc1csc(Nc2cccc(C(F)(F)F)c2)n1)N/N=C\c1cc(Br)c(OCc2ccc(I)cc2)c(Br)c1. The molecule has 1 heterocycles. The number of carbonyl (C=O) groups is 1. The molecule has 0 spiro atoms. The molecule has 0 saturated heterocycles. The van der Waals surface area contributed by atoms with Crippen LogP contribution in [0.25, 0.3) is 0 Å². The largest absolute Gasteiger partial charge is 0.487 e. The lowest BCUT2D eigenvalue weighted by Crippen LogP contribution is -2.19. The van der Waals surface area contributed by atoms with Crippen LogP contribution in [0.2, 0.25) is 0 Å². The van der Waals surface area contributed by atoms with E-state index >= 15 is 0 Å². The number of aromatic nitrogens is 1. The normalized spacial score (nSPS) is 11.5. The molecule has 0 atom stereocenters. The Kier molecular flexibility index (Phi) is 10.0. The molecule has 202 valence electrons. The van der Waals surface area contributed by atoms with Crippen molar-refractivity contribution in [3.05, 3.63) is 101 Å². The Balaban J connectivity index is 1.29. The van der Waals surface area contributed by atoms with Gasteiger partial charge in [-0.1, -0.05) is 18.2 Å². The van der Waals surface area contributed by atoms with Crippen molar-refractivity contribution in [1.82, 2.24) is 10.4 Å². The van der Waals surface area contributed by atoms with Crippen molar-refractivity contribution < 1.29 is 22.7 Å². The maximum absolute atomic E-state index is 12.9. The van der Waals surface area contributed by atoms with E-state index in [2.05, 4.69) is 75.3 Å². The number of thiazole rings is 1. The molecule has 0 radical (unpaired) electrons. The number of hydrogen-bond donors (Lipinski definition) is 2. The number of hydrogen-bond acceptors (Lipinski definition) is 6. The van der Waals surface area contributed by atoms with Gasteiger partial charge in [0.1, 0.15) is 12.4 Å². The van der Waals surface area contributed by atoms with Crippen LogP contribution < -0.4 is 15.5 Å². The maximum Gasteiger partial charge on any atom is 0.416 e. The summed E-state index contributed by atoms with van der Waals surface area (Å²) < 4.78 is 47.3. The average Bonchev–Trinajstić information content (AvgIpc) is 3.30. The lowest BCUT2D eigenvalue weighted by atomic mass is 10.2. The van der Waals surface area contributed by atoms with Crippen molar-refractivity contribution in [2.24, 2.45) is 5.10 Å². The molecule has 4 aromatic rings. The molecule has 3 aromatic carbocycles. The van der Waals surface area contributed by atoms with E-state index in [9.17, 15) is 18.0 Å². The zero-order valence-corrected chi connectivity index (χ0v) is 25.9. The molecule has 4 rings (SSSR count). The van der Waals surface area contributed by atoms with Gasteiger partial charge in [-0.25, -0.2) is 10.4 Å². The van der Waals surface area contributed by atoms with E-state index in [4.69, 9.17) is 4.74 Å². The van der Waals surface area contributed by atoms with Gasteiger partial charge in [-0.05, 0) is 108 Å². The lowest BCUT2D eigenvalue weighted by Gasteiger charge is -2.11. The molecule has 0 bridgehead atoms. The minimum atomic E-state index is -4.44. The molecule has 0 aliphatic heterocycles. The maximum atomic E-state index is 12.9. The minimum Gasteiger partial charge on any atom is -0.487 e. The summed E-state index contributed by atoms with van der Waals surface area (Å²) in [6.07, 6.45) is -2.98. The van der Waals surface area contributed by atoms with Crippen LogP contribution in [-0.2, 0) is 24.0 Å². The highest BCUT2D eigenvalue weighted by Gasteiger charge is 2.30. The monoisotopic (exact) mass is 792 g/mol. The first-order valence-electron chi connectivity index (χ1n) is 11.1. The molecule has 0 saturated carbocycles. The van der Waals surface area contributed by atoms with Crippen LogP contribution in [0.15, 0.2) is 80.1 Å². The Labute approximate surface area is 256 Å². The second-order valence-electron chi connectivity index (χ2n) is 8.05. The summed E-state index contributed by atoms with van der Waals surface area (Å²) in [7, 11) is 0. The van der Waals surface area contributed by atoms with Gasteiger partial charge in [-0.15, -0.1) is 11.3 Å².